The summed E-state index contributed by atoms with van der Waals surface area (Å²) in [6.45, 7) is 0.296. The van der Waals surface area contributed by atoms with E-state index in [0.29, 0.717) is 6.54 Å². The minimum Gasteiger partial charge on any atom is -0.467 e. The predicted molar refractivity (Wildman–Crippen MR) is 57.6 cm³/mol. The molecule has 0 bridgehead atoms. The first-order valence-corrected chi connectivity index (χ1v) is 4.76. The number of hydrogen-bond donors (Lipinski definition) is 2. The van der Waals surface area contributed by atoms with Gasteiger partial charge in [0.1, 0.15) is 6.04 Å². The quantitative estimate of drug-likeness (QED) is 0.649. The maximum Gasteiger partial charge on any atom is 0.328 e. The van der Waals surface area contributed by atoms with Gasteiger partial charge in [-0.05, 0) is 18.8 Å². The van der Waals surface area contributed by atoms with E-state index in [1.54, 1.807) is 0 Å². The molecule has 1 unspecified atom stereocenters. The lowest BCUT2D eigenvalue weighted by Crippen LogP contribution is -2.43. The number of hydrogen-bond acceptors (Lipinski definition) is 4. The maximum absolute atomic E-state index is 11.3. The summed E-state index contributed by atoms with van der Waals surface area (Å²) in [4.78, 5) is 22.5. The van der Waals surface area contributed by atoms with Gasteiger partial charge in [-0.2, -0.15) is 0 Å². The lowest BCUT2D eigenvalue weighted by atomic mass is 10.2. The van der Waals surface area contributed by atoms with Crippen LogP contribution in [0.1, 0.15) is 19.3 Å². The van der Waals surface area contributed by atoms with Gasteiger partial charge in [0.2, 0.25) is 5.91 Å². The van der Waals surface area contributed by atoms with E-state index in [1.165, 1.54) is 7.11 Å². The highest BCUT2D eigenvalue weighted by atomic mass is 35.5. The second-order valence-electron chi connectivity index (χ2n) is 3.44. The number of nitrogens with two attached hydrogens (primary N) is 1. The van der Waals surface area contributed by atoms with Crippen LogP contribution in [0.25, 0.3) is 0 Å². The van der Waals surface area contributed by atoms with Crippen molar-refractivity contribution in [2.45, 2.75) is 25.3 Å². The minimum absolute atomic E-state index is 0. The standard InChI is InChI=1S/C9H16N2O3.ClH/c1-14-9(13)8(6-2-3-6)11-7(12)4-5-10;/h6,8H,2-5,10H2,1H3,(H,11,12);1H. The van der Waals surface area contributed by atoms with Gasteiger partial charge in [-0.1, -0.05) is 0 Å². The molecule has 5 nitrogen and oxygen atoms in total. The third kappa shape index (κ3) is 4.48. The molecule has 1 fully saturated rings. The van der Waals surface area contributed by atoms with Gasteiger partial charge in [0.15, 0.2) is 0 Å². The molecule has 88 valence electrons. The van der Waals surface area contributed by atoms with Crippen LogP contribution in [0.3, 0.4) is 0 Å². The Morgan fingerprint density at radius 2 is 2.13 bits per heavy atom. The average Bonchev–Trinajstić information content (AvgIpc) is 2.97. The molecule has 1 rings (SSSR count). The maximum atomic E-state index is 11.3. The number of halogens is 1. The first kappa shape index (κ1) is 14.2. The molecule has 1 amide bonds. The van der Waals surface area contributed by atoms with Gasteiger partial charge in [-0.25, -0.2) is 4.79 Å². The van der Waals surface area contributed by atoms with Gasteiger partial charge >= 0.3 is 5.97 Å². The SMILES string of the molecule is COC(=O)C(NC(=O)CCN)C1CC1.Cl. The Kier molecular flexibility index (Phi) is 6.27. The van der Waals surface area contributed by atoms with E-state index in [1.807, 2.05) is 0 Å². The van der Waals surface area contributed by atoms with Gasteiger partial charge in [-0.15, -0.1) is 12.4 Å². The summed E-state index contributed by atoms with van der Waals surface area (Å²) < 4.78 is 4.61. The van der Waals surface area contributed by atoms with E-state index in [2.05, 4.69) is 10.1 Å². The van der Waals surface area contributed by atoms with Crippen LogP contribution in [0.4, 0.5) is 0 Å². The molecule has 0 aromatic heterocycles. The monoisotopic (exact) mass is 236 g/mol. The zero-order valence-electron chi connectivity index (χ0n) is 8.69. The molecule has 0 aromatic rings. The zero-order chi connectivity index (χ0) is 10.6. The van der Waals surface area contributed by atoms with E-state index in [-0.39, 0.29) is 36.6 Å². The van der Waals surface area contributed by atoms with Crippen LogP contribution in [-0.4, -0.2) is 31.6 Å². The van der Waals surface area contributed by atoms with E-state index < -0.39 is 6.04 Å². The summed E-state index contributed by atoms with van der Waals surface area (Å²) in [6, 6.07) is -0.473. The Hall–Kier alpha value is -0.810. The number of carbonyl (C=O) groups is 2. The summed E-state index contributed by atoms with van der Waals surface area (Å²) in [7, 11) is 1.33. The van der Waals surface area contributed by atoms with E-state index in [9.17, 15) is 9.59 Å². The van der Waals surface area contributed by atoms with Crippen LogP contribution < -0.4 is 11.1 Å². The molecule has 1 aliphatic carbocycles. The predicted octanol–water partition coefficient (Wildman–Crippen LogP) is -0.175. The molecule has 0 saturated heterocycles. The molecule has 0 radical (unpaired) electrons. The van der Waals surface area contributed by atoms with Gasteiger partial charge in [0.25, 0.3) is 0 Å². The van der Waals surface area contributed by atoms with Crippen molar-refractivity contribution < 1.29 is 14.3 Å². The lowest BCUT2D eigenvalue weighted by molar-refractivity contribution is -0.145. The largest absolute Gasteiger partial charge is 0.467 e. The van der Waals surface area contributed by atoms with Crippen molar-refractivity contribution in [3.8, 4) is 0 Å². The molecule has 0 spiro atoms. The normalized spacial score (nSPS) is 16.1. The van der Waals surface area contributed by atoms with Crippen LogP contribution in [0.15, 0.2) is 0 Å². The summed E-state index contributed by atoms with van der Waals surface area (Å²) in [5, 5.41) is 2.64. The van der Waals surface area contributed by atoms with E-state index in [0.717, 1.165) is 12.8 Å². The van der Waals surface area contributed by atoms with Crippen molar-refractivity contribution in [2.24, 2.45) is 11.7 Å². The second kappa shape index (κ2) is 6.63. The highest BCUT2D eigenvalue weighted by Gasteiger charge is 2.37. The smallest absolute Gasteiger partial charge is 0.328 e. The van der Waals surface area contributed by atoms with Crippen molar-refractivity contribution in [3.05, 3.63) is 0 Å². The molecule has 0 aliphatic heterocycles. The molecule has 1 atom stereocenters. The fourth-order valence-electron chi connectivity index (χ4n) is 1.30. The third-order valence-corrected chi connectivity index (χ3v) is 2.24. The summed E-state index contributed by atoms with van der Waals surface area (Å²) in [5.74, 6) is -0.295. The van der Waals surface area contributed by atoms with Gasteiger partial charge in [-0.3, -0.25) is 4.79 Å². The van der Waals surface area contributed by atoms with Gasteiger partial charge < -0.3 is 15.8 Å². The van der Waals surface area contributed by atoms with Crippen LogP contribution in [0.2, 0.25) is 0 Å². The van der Waals surface area contributed by atoms with Crippen molar-refractivity contribution >= 4 is 24.3 Å². The van der Waals surface area contributed by atoms with Crippen LogP contribution in [0.5, 0.6) is 0 Å². The summed E-state index contributed by atoms with van der Waals surface area (Å²) >= 11 is 0. The number of esters is 1. The Labute approximate surface area is 95.1 Å². The molecule has 1 saturated carbocycles. The fraction of sp³-hybridized carbons (Fsp3) is 0.778. The van der Waals surface area contributed by atoms with Crippen molar-refractivity contribution in [1.82, 2.24) is 5.32 Å². The van der Waals surface area contributed by atoms with E-state index >= 15 is 0 Å². The zero-order valence-corrected chi connectivity index (χ0v) is 9.51. The Bertz CT molecular complexity index is 231. The van der Waals surface area contributed by atoms with Crippen LogP contribution in [-0.2, 0) is 14.3 Å². The number of rotatable bonds is 5. The van der Waals surface area contributed by atoms with Crippen LogP contribution >= 0.6 is 12.4 Å². The molecule has 0 heterocycles. The van der Waals surface area contributed by atoms with Crippen LogP contribution in [0, 0.1) is 5.92 Å². The number of amides is 1. The highest BCUT2D eigenvalue weighted by molar-refractivity contribution is 5.85. The summed E-state index contributed by atoms with van der Waals surface area (Å²) in [5.41, 5.74) is 5.23. The number of ether oxygens (including phenoxy) is 1. The average molecular weight is 237 g/mol. The van der Waals surface area contributed by atoms with Crippen molar-refractivity contribution in [3.63, 3.8) is 0 Å². The first-order valence-electron chi connectivity index (χ1n) is 4.76. The van der Waals surface area contributed by atoms with Crippen molar-refractivity contribution in [2.75, 3.05) is 13.7 Å². The Morgan fingerprint density at radius 1 is 1.53 bits per heavy atom. The number of carbonyl (C=O) groups excluding carboxylic acids is 2. The molecule has 1 aliphatic rings. The first-order chi connectivity index (χ1) is 6.69. The molecule has 0 aromatic carbocycles. The summed E-state index contributed by atoms with van der Waals surface area (Å²) in [6.07, 6.45) is 2.20. The minimum atomic E-state index is -0.473. The number of methoxy groups -OCH3 is 1. The molecule has 6 heteroatoms. The van der Waals surface area contributed by atoms with Gasteiger partial charge in [0.05, 0.1) is 7.11 Å². The highest BCUT2D eigenvalue weighted by Crippen LogP contribution is 2.33. The molecule has 3 N–H and O–H groups in total. The Balaban J connectivity index is 0.00000196. The molecule has 15 heavy (non-hydrogen) atoms. The van der Waals surface area contributed by atoms with Gasteiger partial charge in [0, 0.05) is 13.0 Å². The Morgan fingerprint density at radius 3 is 2.53 bits per heavy atom. The van der Waals surface area contributed by atoms with E-state index in [4.69, 9.17) is 5.73 Å². The third-order valence-electron chi connectivity index (χ3n) is 2.24. The fourth-order valence-corrected chi connectivity index (χ4v) is 1.30. The lowest BCUT2D eigenvalue weighted by Gasteiger charge is -2.15. The molecular formula is C9H17ClN2O3. The topological polar surface area (TPSA) is 81.4 Å². The second-order valence-corrected chi connectivity index (χ2v) is 3.44. The molecular weight excluding hydrogens is 220 g/mol. The van der Waals surface area contributed by atoms with Crippen molar-refractivity contribution in [1.29, 1.82) is 0 Å². The number of nitrogens with one attached hydrogen (secondary N) is 1.